The van der Waals surface area contributed by atoms with E-state index in [4.69, 9.17) is 0 Å². The van der Waals surface area contributed by atoms with Gasteiger partial charge in [0.2, 0.25) is 0 Å². The van der Waals surface area contributed by atoms with Gasteiger partial charge in [-0.1, -0.05) is 12.1 Å². The Morgan fingerprint density at radius 3 is 2.76 bits per heavy atom. The van der Waals surface area contributed by atoms with E-state index in [1.54, 1.807) is 18.2 Å². The van der Waals surface area contributed by atoms with Crippen LogP contribution in [0.25, 0.3) is 0 Å². The molecule has 1 aliphatic heterocycles. The highest BCUT2D eigenvalue weighted by Gasteiger charge is 2.11. The van der Waals surface area contributed by atoms with Crippen LogP contribution in [0.4, 0.5) is 14.5 Å². The summed E-state index contributed by atoms with van der Waals surface area (Å²) < 4.78 is 28.8. The summed E-state index contributed by atoms with van der Waals surface area (Å²) in [6.07, 6.45) is 3.01. The monoisotopic (exact) mass is 240 g/mol. The molecule has 0 fully saturated rings. The lowest BCUT2D eigenvalue weighted by atomic mass is 10.1. The molecule has 0 amide bonds. The molecular formula is C12H14F2N2O. The van der Waals surface area contributed by atoms with Gasteiger partial charge in [0, 0.05) is 13.0 Å². The summed E-state index contributed by atoms with van der Waals surface area (Å²) in [5, 5.41) is 3.05. The van der Waals surface area contributed by atoms with Gasteiger partial charge in [0.15, 0.2) is 0 Å². The van der Waals surface area contributed by atoms with Crippen molar-refractivity contribution in [3.63, 3.8) is 0 Å². The third-order valence-corrected chi connectivity index (χ3v) is 2.51. The lowest BCUT2D eigenvalue weighted by molar-refractivity contribution is -0.0493. The first-order chi connectivity index (χ1) is 8.25. The van der Waals surface area contributed by atoms with Crippen molar-refractivity contribution >= 4 is 11.5 Å². The highest BCUT2D eigenvalue weighted by atomic mass is 19.3. The van der Waals surface area contributed by atoms with E-state index < -0.39 is 6.61 Å². The van der Waals surface area contributed by atoms with E-state index in [9.17, 15) is 8.78 Å². The molecule has 1 aromatic rings. The van der Waals surface area contributed by atoms with Gasteiger partial charge in [-0.3, -0.25) is 4.99 Å². The summed E-state index contributed by atoms with van der Waals surface area (Å²) in [5.74, 6) is 0.984. The standard InChI is InChI=1S/C12H14F2N2O/c13-12(14)17-10-6-2-1-5-9(10)16-11-7-3-4-8-15-11/h1-2,5-6,12H,3-4,7-8H2,(H,15,16). The normalized spacial score (nSPS) is 15.6. The average molecular weight is 240 g/mol. The zero-order valence-corrected chi connectivity index (χ0v) is 9.33. The number of anilines is 1. The summed E-state index contributed by atoms with van der Waals surface area (Å²) >= 11 is 0. The molecule has 0 unspecified atom stereocenters. The molecule has 0 saturated carbocycles. The van der Waals surface area contributed by atoms with Gasteiger partial charge in [0.1, 0.15) is 11.6 Å². The summed E-state index contributed by atoms with van der Waals surface area (Å²) in [6.45, 7) is -2.02. The van der Waals surface area contributed by atoms with Crippen LogP contribution >= 0.6 is 0 Å². The molecule has 0 spiro atoms. The molecular weight excluding hydrogens is 226 g/mol. The first-order valence-electron chi connectivity index (χ1n) is 5.60. The zero-order chi connectivity index (χ0) is 12.1. The lowest BCUT2D eigenvalue weighted by Crippen LogP contribution is -2.17. The summed E-state index contributed by atoms with van der Waals surface area (Å²) in [5.41, 5.74) is 0.536. The Hall–Kier alpha value is -1.65. The van der Waals surface area contributed by atoms with Crippen molar-refractivity contribution in [3.05, 3.63) is 24.3 Å². The third-order valence-electron chi connectivity index (χ3n) is 2.51. The van der Waals surface area contributed by atoms with Crippen LogP contribution in [0.1, 0.15) is 19.3 Å². The van der Waals surface area contributed by atoms with Gasteiger partial charge in [-0.2, -0.15) is 8.78 Å². The van der Waals surface area contributed by atoms with Crippen molar-refractivity contribution < 1.29 is 13.5 Å². The predicted molar refractivity (Wildman–Crippen MR) is 62.8 cm³/mol. The van der Waals surface area contributed by atoms with Crippen LogP contribution in [0.3, 0.4) is 0 Å². The van der Waals surface area contributed by atoms with Gasteiger partial charge in [-0.05, 0) is 25.0 Å². The second-order valence-corrected chi connectivity index (χ2v) is 3.79. The SMILES string of the molecule is FC(F)Oc1ccccc1NC1=NCCCC1. The van der Waals surface area contributed by atoms with E-state index in [1.807, 2.05) is 0 Å². The Balaban J connectivity index is 2.11. The molecule has 0 radical (unpaired) electrons. The van der Waals surface area contributed by atoms with Gasteiger partial charge in [-0.15, -0.1) is 0 Å². The number of hydrogen-bond donors (Lipinski definition) is 1. The first-order valence-corrected chi connectivity index (χ1v) is 5.60. The van der Waals surface area contributed by atoms with E-state index in [0.29, 0.717) is 5.69 Å². The van der Waals surface area contributed by atoms with E-state index in [1.165, 1.54) is 6.07 Å². The molecule has 0 bridgehead atoms. The number of hydrogen-bond acceptors (Lipinski definition) is 3. The van der Waals surface area contributed by atoms with Gasteiger partial charge in [-0.25, -0.2) is 0 Å². The number of benzene rings is 1. The van der Waals surface area contributed by atoms with E-state index in [0.717, 1.165) is 31.6 Å². The molecule has 0 saturated heterocycles. The van der Waals surface area contributed by atoms with Crippen molar-refractivity contribution in [2.24, 2.45) is 4.99 Å². The second kappa shape index (κ2) is 5.61. The highest BCUT2D eigenvalue weighted by molar-refractivity contribution is 5.96. The average Bonchev–Trinajstić information content (AvgIpc) is 2.32. The number of ether oxygens (including phenoxy) is 1. The summed E-state index contributed by atoms with van der Waals surface area (Å²) in [7, 11) is 0. The van der Waals surface area contributed by atoms with Crippen LogP contribution in [-0.2, 0) is 0 Å². The molecule has 5 heteroatoms. The number of alkyl halides is 2. The smallest absolute Gasteiger partial charge is 0.387 e. The minimum Gasteiger partial charge on any atom is -0.433 e. The largest absolute Gasteiger partial charge is 0.433 e. The zero-order valence-electron chi connectivity index (χ0n) is 9.33. The minimum absolute atomic E-state index is 0.149. The number of rotatable bonds is 3. The number of aliphatic imine (C=N–C) groups is 1. The number of nitrogens with zero attached hydrogens (tertiary/aromatic N) is 1. The maximum Gasteiger partial charge on any atom is 0.387 e. The van der Waals surface area contributed by atoms with Crippen molar-refractivity contribution in [2.45, 2.75) is 25.9 Å². The maximum absolute atomic E-state index is 12.2. The van der Waals surface area contributed by atoms with Crippen molar-refractivity contribution in [2.75, 3.05) is 11.9 Å². The Bertz CT molecular complexity index is 407. The van der Waals surface area contributed by atoms with Gasteiger partial charge >= 0.3 is 6.61 Å². The van der Waals surface area contributed by atoms with Crippen LogP contribution in [0.2, 0.25) is 0 Å². The Morgan fingerprint density at radius 2 is 2.06 bits per heavy atom. The molecule has 3 nitrogen and oxygen atoms in total. The molecule has 1 heterocycles. The van der Waals surface area contributed by atoms with Crippen LogP contribution in [0.5, 0.6) is 5.75 Å². The predicted octanol–water partition coefficient (Wildman–Crippen LogP) is 3.28. The van der Waals surface area contributed by atoms with Crippen LogP contribution in [0.15, 0.2) is 29.3 Å². The molecule has 1 aromatic carbocycles. The summed E-state index contributed by atoms with van der Waals surface area (Å²) in [4.78, 5) is 4.31. The number of halogens is 2. The molecule has 2 rings (SSSR count). The highest BCUT2D eigenvalue weighted by Crippen LogP contribution is 2.26. The summed E-state index contributed by atoms with van der Waals surface area (Å²) in [6, 6.07) is 6.64. The number of nitrogens with one attached hydrogen (secondary N) is 1. The third kappa shape index (κ3) is 3.41. The van der Waals surface area contributed by atoms with Crippen molar-refractivity contribution in [1.82, 2.24) is 0 Å². The Kier molecular flexibility index (Phi) is 3.90. The quantitative estimate of drug-likeness (QED) is 0.879. The minimum atomic E-state index is -2.81. The van der Waals surface area contributed by atoms with Gasteiger partial charge in [0.05, 0.1) is 5.69 Å². The number of para-hydroxylation sites is 2. The van der Waals surface area contributed by atoms with Crippen LogP contribution in [0, 0.1) is 0 Å². The Labute approximate surface area is 98.5 Å². The molecule has 0 aromatic heterocycles. The fraction of sp³-hybridized carbons (Fsp3) is 0.417. The molecule has 1 aliphatic rings. The Morgan fingerprint density at radius 1 is 1.24 bits per heavy atom. The van der Waals surface area contributed by atoms with Crippen molar-refractivity contribution in [1.29, 1.82) is 0 Å². The maximum atomic E-state index is 12.2. The van der Waals surface area contributed by atoms with E-state index >= 15 is 0 Å². The molecule has 0 atom stereocenters. The van der Waals surface area contributed by atoms with Crippen molar-refractivity contribution in [3.8, 4) is 5.75 Å². The van der Waals surface area contributed by atoms with Gasteiger partial charge in [0.25, 0.3) is 0 Å². The van der Waals surface area contributed by atoms with Crippen LogP contribution in [-0.4, -0.2) is 19.0 Å². The van der Waals surface area contributed by atoms with E-state index in [2.05, 4.69) is 15.0 Å². The lowest BCUT2D eigenvalue weighted by Gasteiger charge is -2.16. The molecule has 1 N–H and O–H groups in total. The van der Waals surface area contributed by atoms with Crippen LogP contribution < -0.4 is 10.1 Å². The molecule has 0 aliphatic carbocycles. The van der Waals surface area contributed by atoms with E-state index in [-0.39, 0.29) is 5.75 Å². The fourth-order valence-corrected chi connectivity index (χ4v) is 1.72. The first kappa shape index (κ1) is 11.8. The number of amidine groups is 1. The second-order valence-electron chi connectivity index (χ2n) is 3.79. The molecule has 17 heavy (non-hydrogen) atoms. The van der Waals surface area contributed by atoms with Gasteiger partial charge < -0.3 is 10.1 Å². The topological polar surface area (TPSA) is 33.6 Å². The molecule has 92 valence electrons. The fourth-order valence-electron chi connectivity index (χ4n) is 1.72.